The Bertz CT molecular complexity index is 414. The van der Waals surface area contributed by atoms with Gasteiger partial charge in [0.2, 0.25) is 0 Å². The molecule has 4 nitrogen and oxygen atoms in total. The van der Waals surface area contributed by atoms with Crippen LogP contribution in [0.4, 0.5) is 5.69 Å². The number of nitrogens with zero attached hydrogens (tertiary/aromatic N) is 1. The number of ether oxygens (including phenoxy) is 2. The van der Waals surface area contributed by atoms with E-state index in [4.69, 9.17) is 15.2 Å². The number of fused-ring (bicyclic) bond motifs is 1. The zero-order chi connectivity index (χ0) is 12.4. The molecule has 2 N–H and O–H groups in total. The highest BCUT2D eigenvalue weighted by Gasteiger charge is 2.20. The van der Waals surface area contributed by atoms with Crippen LogP contribution < -0.4 is 20.1 Å². The summed E-state index contributed by atoms with van der Waals surface area (Å²) in [5, 5.41) is 0. The van der Waals surface area contributed by atoms with Gasteiger partial charge in [-0.05, 0) is 37.4 Å². The predicted molar refractivity (Wildman–Crippen MR) is 71.4 cm³/mol. The highest BCUT2D eigenvalue weighted by molar-refractivity contribution is 5.57. The van der Waals surface area contributed by atoms with E-state index in [0.717, 1.165) is 31.1 Å². The Balaban J connectivity index is 1.73. The Morgan fingerprint density at radius 1 is 1.11 bits per heavy atom. The standard InChI is InChI=1S/C14H20N2O2/c15-10-11-3-5-16(6-4-11)12-1-2-13-14(9-12)18-8-7-17-13/h1-2,9,11H,3-8,10,15H2. The first-order valence-corrected chi connectivity index (χ1v) is 6.71. The Labute approximate surface area is 108 Å². The van der Waals surface area contributed by atoms with Gasteiger partial charge in [-0.3, -0.25) is 0 Å². The van der Waals surface area contributed by atoms with Crippen LogP contribution in [0, 0.1) is 5.92 Å². The van der Waals surface area contributed by atoms with Crippen LogP contribution in [0.1, 0.15) is 12.8 Å². The fraction of sp³-hybridized carbons (Fsp3) is 0.571. The topological polar surface area (TPSA) is 47.7 Å². The van der Waals surface area contributed by atoms with Crippen molar-refractivity contribution in [1.82, 2.24) is 0 Å². The molecule has 1 aromatic rings. The van der Waals surface area contributed by atoms with Crippen molar-refractivity contribution in [2.45, 2.75) is 12.8 Å². The van der Waals surface area contributed by atoms with Crippen molar-refractivity contribution in [1.29, 1.82) is 0 Å². The molecule has 3 rings (SSSR count). The van der Waals surface area contributed by atoms with Crippen molar-refractivity contribution in [2.75, 3.05) is 37.7 Å². The lowest BCUT2D eigenvalue weighted by molar-refractivity contribution is 0.171. The third kappa shape index (κ3) is 2.25. The van der Waals surface area contributed by atoms with E-state index in [9.17, 15) is 0 Å². The molecular weight excluding hydrogens is 228 g/mol. The molecule has 18 heavy (non-hydrogen) atoms. The second-order valence-corrected chi connectivity index (χ2v) is 4.99. The summed E-state index contributed by atoms with van der Waals surface area (Å²) in [5.41, 5.74) is 6.95. The molecule has 1 saturated heterocycles. The van der Waals surface area contributed by atoms with Gasteiger partial charge in [0, 0.05) is 24.8 Å². The van der Waals surface area contributed by atoms with Crippen molar-refractivity contribution in [3.63, 3.8) is 0 Å². The number of benzene rings is 1. The van der Waals surface area contributed by atoms with E-state index in [1.165, 1.54) is 18.5 Å². The van der Waals surface area contributed by atoms with Crippen LogP contribution in [-0.4, -0.2) is 32.8 Å². The average molecular weight is 248 g/mol. The Hall–Kier alpha value is -1.42. The molecular formula is C14H20N2O2. The lowest BCUT2D eigenvalue weighted by Gasteiger charge is -2.33. The fourth-order valence-electron chi connectivity index (χ4n) is 2.66. The summed E-state index contributed by atoms with van der Waals surface area (Å²) in [6.45, 7) is 4.28. The lowest BCUT2D eigenvalue weighted by Crippen LogP contribution is -2.36. The van der Waals surface area contributed by atoms with E-state index < -0.39 is 0 Å². The molecule has 2 heterocycles. The van der Waals surface area contributed by atoms with Gasteiger partial charge in [-0.2, -0.15) is 0 Å². The SMILES string of the molecule is NCC1CCN(c2ccc3c(c2)OCCO3)CC1. The maximum absolute atomic E-state index is 5.72. The minimum atomic E-state index is 0.645. The van der Waals surface area contributed by atoms with Crippen LogP contribution in [0.5, 0.6) is 11.5 Å². The third-order valence-corrected chi connectivity index (χ3v) is 3.84. The largest absolute Gasteiger partial charge is 0.486 e. The van der Waals surface area contributed by atoms with E-state index in [-0.39, 0.29) is 0 Å². The number of nitrogens with two attached hydrogens (primary N) is 1. The molecule has 0 aliphatic carbocycles. The van der Waals surface area contributed by atoms with Crippen molar-refractivity contribution in [3.05, 3.63) is 18.2 Å². The summed E-state index contributed by atoms with van der Waals surface area (Å²) in [6, 6.07) is 6.23. The second kappa shape index (κ2) is 5.06. The minimum absolute atomic E-state index is 0.645. The molecule has 0 aromatic heterocycles. The third-order valence-electron chi connectivity index (χ3n) is 3.84. The van der Waals surface area contributed by atoms with E-state index in [0.29, 0.717) is 19.1 Å². The van der Waals surface area contributed by atoms with Crippen molar-refractivity contribution < 1.29 is 9.47 Å². The zero-order valence-electron chi connectivity index (χ0n) is 10.6. The van der Waals surface area contributed by atoms with Crippen LogP contribution in [0.25, 0.3) is 0 Å². The molecule has 1 fully saturated rings. The second-order valence-electron chi connectivity index (χ2n) is 4.99. The molecule has 1 aromatic carbocycles. The number of hydrogen-bond donors (Lipinski definition) is 1. The predicted octanol–water partition coefficient (Wildman–Crippen LogP) is 1.63. The molecule has 0 saturated carbocycles. The summed E-state index contributed by atoms with van der Waals surface area (Å²) < 4.78 is 11.2. The van der Waals surface area contributed by atoms with Gasteiger partial charge in [-0.15, -0.1) is 0 Å². The average Bonchev–Trinajstić information content (AvgIpc) is 2.47. The van der Waals surface area contributed by atoms with Gasteiger partial charge in [-0.1, -0.05) is 0 Å². The first-order chi connectivity index (χ1) is 8.86. The van der Waals surface area contributed by atoms with Crippen molar-refractivity contribution >= 4 is 5.69 Å². The molecule has 2 aliphatic rings. The van der Waals surface area contributed by atoms with Gasteiger partial charge in [0.25, 0.3) is 0 Å². The highest BCUT2D eigenvalue weighted by atomic mass is 16.6. The molecule has 0 atom stereocenters. The summed E-state index contributed by atoms with van der Waals surface area (Å²) in [4.78, 5) is 2.41. The van der Waals surface area contributed by atoms with Gasteiger partial charge in [0.15, 0.2) is 11.5 Å². The van der Waals surface area contributed by atoms with Gasteiger partial charge in [-0.25, -0.2) is 0 Å². The molecule has 0 amide bonds. The maximum Gasteiger partial charge on any atom is 0.163 e. The molecule has 98 valence electrons. The van der Waals surface area contributed by atoms with Gasteiger partial charge >= 0.3 is 0 Å². The highest BCUT2D eigenvalue weighted by Crippen LogP contribution is 2.35. The van der Waals surface area contributed by atoms with Gasteiger partial charge in [0.1, 0.15) is 13.2 Å². The Kier molecular flexibility index (Phi) is 3.28. The zero-order valence-corrected chi connectivity index (χ0v) is 10.6. The lowest BCUT2D eigenvalue weighted by atomic mass is 9.97. The van der Waals surface area contributed by atoms with Crippen molar-refractivity contribution in [2.24, 2.45) is 11.7 Å². The number of piperidine rings is 1. The molecule has 0 bridgehead atoms. The maximum atomic E-state index is 5.72. The molecule has 2 aliphatic heterocycles. The number of anilines is 1. The Morgan fingerprint density at radius 2 is 1.83 bits per heavy atom. The first kappa shape index (κ1) is 11.7. The normalized spacial score (nSPS) is 19.9. The fourth-order valence-corrected chi connectivity index (χ4v) is 2.66. The molecule has 4 heteroatoms. The quantitative estimate of drug-likeness (QED) is 0.864. The number of rotatable bonds is 2. The van der Waals surface area contributed by atoms with Gasteiger partial charge in [0.05, 0.1) is 0 Å². The van der Waals surface area contributed by atoms with Crippen LogP contribution in [0.2, 0.25) is 0 Å². The summed E-state index contributed by atoms with van der Waals surface area (Å²) in [7, 11) is 0. The van der Waals surface area contributed by atoms with Crippen LogP contribution in [-0.2, 0) is 0 Å². The minimum Gasteiger partial charge on any atom is -0.486 e. The van der Waals surface area contributed by atoms with Crippen LogP contribution in [0.3, 0.4) is 0 Å². The molecule has 0 spiro atoms. The summed E-state index contributed by atoms with van der Waals surface area (Å²) in [6.07, 6.45) is 2.37. The van der Waals surface area contributed by atoms with Crippen LogP contribution >= 0.6 is 0 Å². The monoisotopic (exact) mass is 248 g/mol. The number of hydrogen-bond acceptors (Lipinski definition) is 4. The first-order valence-electron chi connectivity index (χ1n) is 6.71. The molecule has 0 unspecified atom stereocenters. The van der Waals surface area contributed by atoms with Gasteiger partial charge < -0.3 is 20.1 Å². The Morgan fingerprint density at radius 3 is 2.56 bits per heavy atom. The van der Waals surface area contributed by atoms with E-state index in [1.807, 2.05) is 6.07 Å². The summed E-state index contributed by atoms with van der Waals surface area (Å²) >= 11 is 0. The summed E-state index contributed by atoms with van der Waals surface area (Å²) in [5.74, 6) is 2.43. The molecule has 0 radical (unpaired) electrons. The van der Waals surface area contributed by atoms with Crippen LogP contribution in [0.15, 0.2) is 18.2 Å². The smallest absolute Gasteiger partial charge is 0.163 e. The van der Waals surface area contributed by atoms with E-state index in [1.54, 1.807) is 0 Å². The van der Waals surface area contributed by atoms with Crippen molar-refractivity contribution in [3.8, 4) is 11.5 Å². The van der Waals surface area contributed by atoms with E-state index >= 15 is 0 Å². The van der Waals surface area contributed by atoms with E-state index in [2.05, 4.69) is 17.0 Å².